The Hall–Kier alpha value is -1.84. The minimum Gasteiger partial charge on any atom is -0.465 e. The van der Waals surface area contributed by atoms with Gasteiger partial charge in [0.25, 0.3) is 0 Å². The number of nitrogens with one attached hydrogen (secondary N) is 1. The monoisotopic (exact) mass is 263 g/mol. The highest BCUT2D eigenvalue weighted by molar-refractivity contribution is 5.89. The second kappa shape index (κ2) is 6.92. The van der Waals surface area contributed by atoms with Gasteiger partial charge in [-0.15, -0.1) is 0 Å². The van der Waals surface area contributed by atoms with E-state index in [9.17, 15) is 9.59 Å². The molecule has 0 aliphatic rings. The molecule has 1 N–H and O–H groups in total. The van der Waals surface area contributed by atoms with E-state index in [0.717, 1.165) is 5.56 Å². The average Bonchev–Trinajstić information content (AvgIpc) is 2.36. The first kappa shape index (κ1) is 15.2. The molecule has 1 aromatic rings. The predicted octanol–water partition coefficient (Wildman–Crippen LogP) is 2.70. The van der Waals surface area contributed by atoms with E-state index in [1.165, 1.54) is 7.11 Å². The summed E-state index contributed by atoms with van der Waals surface area (Å²) in [6.45, 7) is 5.94. The molecule has 1 atom stereocenters. The normalized spacial score (nSPS) is 12.1. The van der Waals surface area contributed by atoms with Gasteiger partial charge in [-0.25, -0.2) is 4.79 Å². The number of benzene rings is 1. The maximum absolute atomic E-state index is 11.7. The van der Waals surface area contributed by atoms with Crippen LogP contribution < -0.4 is 5.32 Å². The number of carbonyl (C=O) groups excluding carboxylic acids is 2. The fraction of sp³-hybridized carbons (Fsp3) is 0.467. The topological polar surface area (TPSA) is 55.4 Å². The van der Waals surface area contributed by atoms with E-state index in [-0.39, 0.29) is 17.9 Å². The van der Waals surface area contributed by atoms with Crippen LogP contribution in [0.25, 0.3) is 0 Å². The van der Waals surface area contributed by atoms with Crippen LogP contribution in [0, 0.1) is 5.92 Å². The van der Waals surface area contributed by atoms with Gasteiger partial charge in [0.15, 0.2) is 0 Å². The first-order chi connectivity index (χ1) is 8.93. The molecule has 1 unspecified atom stereocenters. The molecular formula is C15H21NO3. The molecular weight excluding hydrogens is 242 g/mol. The van der Waals surface area contributed by atoms with Crippen LogP contribution in [0.3, 0.4) is 0 Å². The fourth-order valence-electron chi connectivity index (χ4n) is 1.78. The van der Waals surface area contributed by atoms with Crippen molar-refractivity contribution in [1.29, 1.82) is 0 Å². The summed E-state index contributed by atoms with van der Waals surface area (Å²) in [6.07, 6.45) is 0.518. The largest absolute Gasteiger partial charge is 0.465 e. The summed E-state index contributed by atoms with van der Waals surface area (Å²) in [6, 6.07) is 6.98. The van der Waals surface area contributed by atoms with Crippen LogP contribution in [0.2, 0.25) is 0 Å². The molecule has 0 radical (unpaired) electrons. The van der Waals surface area contributed by atoms with Crippen LogP contribution in [-0.4, -0.2) is 19.0 Å². The third kappa shape index (κ3) is 4.73. The molecule has 0 aliphatic heterocycles. The Kier molecular flexibility index (Phi) is 5.55. The van der Waals surface area contributed by atoms with Crippen molar-refractivity contribution in [2.45, 2.75) is 33.2 Å². The molecule has 0 bridgehead atoms. The molecule has 1 aromatic carbocycles. The first-order valence-corrected chi connectivity index (χ1v) is 6.41. The number of carbonyl (C=O) groups is 2. The number of amides is 1. The zero-order chi connectivity index (χ0) is 14.4. The van der Waals surface area contributed by atoms with Crippen LogP contribution in [0.15, 0.2) is 24.3 Å². The standard InChI is InChI=1S/C15H21NO3/c1-10(2)9-14(17)16-11(3)12-5-7-13(8-6-12)15(18)19-4/h5-8,10-11H,9H2,1-4H3,(H,16,17). The van der Waals surface area contributed by atoms with Gasteiger partial charge in [-0.1, -0.05) is 26.0 Å². The van der Waals surface area contributed by atoms with Gasteiger partial charge in [-0.3, -0.25) is 4.79 Å². The highest BCUT2D eigenvalue weighted by Gasteiger charge is 2.12. The Labute approximate surface area is 114 Å². The second-order valence-electron chi connectivity index (χ2n) is 5.00. The zero-order valence-corrected chi connectivity index (χ0v) is 11.9. The number of esters is 1. The molecule has 4 heteroatoms. The molecule has 104 valence electrons. The fourth-order valence-corrected chi connectivity index (χ4v) is 1.78. The number of hydrogen-bond donors (Lipinski definition) is 1. The van der Waals surface area contributed by atoms with Crippen molar-refractivity contribution in [2.24, 2.45) is 5.92 Å². The maximum Gasteiger partial charge on any atom is 0.337 e. The molecule has 0 aromatic heterocycles. The van der Waals surface area contributed by atoms with Gasteiger partial charge in [0.1, 0.15) is 0 Å². The van der Waals surface area contributed by atoms with Crippen molar-refractivity contribution in [3.05, 3.63) is 35.4 Å². The molecule has 0 fully saturated rings. The first-order valence-electron chi connectivity index (χ1n) is 6.41. The third-order valence-electron chi connectivity index (χ3n) is 2.80. The smallest absolute Gasteiger partial charge is 0.337 e. The van der Waals surface area contributed by atoms with Gasteiger partial charge in [-0.2, -0.15) is 0 Å². The van der Waals surface area contributed by atoms with Crippen molar-refractivity contribution in [3.8, 4) is 0 Å². The van der Waals surface area contributed by atoms with Crippen molar-refractivity contribution in [2.75, 3.05) is 7.11 Å². The summed E-state index contributed by atoms with van der Waals surface area (Å²) in [5, 5.41) is 2.94. The number of rotatable bonds is 5. The summed E-state index contributed by atoms with van der Waals surface area (Å²) in [5.41, 5.74) is 1.47. The predicted molar refractivity (Wildman–Crippen MR) is 73.8 cm³/mol. The van der Waals surface area contributed by atoms with E-state index < -0.39 is 0 Å². The number of hydrogen-bond acceptors (Lipinski definition) is 3. The molecule has 0 spiro atoms. The molecule has 0 saturated heterocycles. The van der Waals surface area contributed by atoms with Crippen LogP contribution >= 0.6 is 0 Å². The van der Waals surface area contributed by atoms with Gasteiger partial charge >= 0.3 is 5.97 Å². The van der Waals surface area contributed by atoms with Crippen LogP contribution in [-0.2, 0) is 9.53 Å². The van der Waals surface area contributed by atoms with E-state index in [2.05, 4.69) is 10.1 Å². The lowest BCUT2D eigenvalue weighted by molar-refractivity contribution is -0.122. The quantitative estimate of drug-likeness (QED) is 0.831. The SMILES string of the molecule is COC(=O)c1ccc(C(C)NC(=O)CC(C)C)cc1. The average molecular weight is 263 g/mol. The minimum atomic E-state index is -0.358. The number of methoxy groups -OCH3 is 1. The molecule has 0 heterocycles. The van der Waals surface area contributed by atoms with Crippen LogP contribution in [0.4, 0.5) is 0 Å². The van der Waals surface area contributed by atoms with Crippen molar-refractivity contribution < 1.29 is 14.3 Å². The second-order valence-corrected chi connectivity index (χ2v) is 5.00. The van der Waals surface area contributed by atoms with Gasteiger partial charge in [0.2, 0.25) is 5.91 Å². The lowest BCUT2D eigenvalue weighted by Gasteiger charge is -2.15. The molecule has 1 rings (SSSR count). The Morgan fingerprint density at radius 1 is 1.16 bits per heavy atom. The van der Waals surface area contributed by atoms with Gasteiger partial charge < -0.3 is 10.1 Å². The Morgan fingerprint density at radius 3 is 2.21 bits per heavy atom. The van der Waals surface area contributed by atoms with Gasteiger partial charge in [0, 0.05) is 6.42 Å². The summed E-state index contributed by atoms with van der Waals surface area (Å²) in [4.78, 5) is 23.0. The summed E-state index contributed by atoms with van der Waals surface area (Å²) in [7, 11) is 1.35. The molecule has 0 aliphatic carbocycles. The lowest BCUT2D eigenvalue weighted by Crippen LogP contribution is -2.27. The molecule has 1 amide bonds. The lowest BCUT2D eigenvalue weighted by atomic mass is 10.0. The molecule has 0 saturated carbocycles. The van der Waals surface area contributed by atoms with Crippen molar-refractivity contribution in [1.82, 2.24) is 5.32 Å². The van der Waals surface area contributed by atoms with E-state index in [0.29, 0.717) is 17.9 Å². The maximum atomic E-state index is 11.7. The van der Waals surface area contributed by atoms with Crippen molar-refractivity contribution in [3.63, 3.8) is 0 Å². The van der Waals surface area contributed by atoms with Crippen LogP contribution in [0.1, 0.15) is 49.2 Å². The third-order valence-corrected chi connectivity index (χ3v) is 2.80. The highest BCUT2D eigenvalue weighted by Crippen LogP contribution is 2.14. The minimum absolute atomic E-state index is 0.0412. The summed E-state index contributed by atoms with van der Waals surface area (Å²) in [5.74, 6) is 0.0245. The zero-order valence-electron chi connectivity index (χ0n) is 11.9. The van der Waals surface area contributed by atoms with E-state index in [4.69, 9.17) is 0 Å². The van der Waals surface area contributed by atoms with Crippen molar-refractivity contribution >= 4 is 11.9 Å². The van der Waals surface area contributed by atoms with E-state index >= 15 is 0 Å². The Morgan fingerprint density at radius 2 is 1.74 bits per heavy atom. The van der Waals surface area contributed by atoms with E-state index in [1.54, 1.807) is 12.1 Å². The molecule has 4 nitrogen and oxygen atoms in total. The van der Waals surface area contributed by atoms with E-state index in [1.807, 2.05) is 32.9 Å². The van der Waals surface area contributed by atoms with Gasteiger partial charge in [0.05, 0.1) is 18.7 Å². The Bertz CT molecular complexity index is 437. The number of ether oxygens (including phenoxy) is 1. The highest BCUT2D eigenvalue weighted by atomic mass is 16.5. The van der Waals surface area contributed by atoms with Gasteiger partial charge in [-0.05, 0) is 30.5 Å². The van der Waals surface area contributed by atoms with Crippen LogP contribution in [0.5, 0.6) is 0 Å². The summed E-state index contributed by atoms with van der Waals surface area (Å²) >= 11 is 0. The Balaban J connectivity index is 2.65. The molecule has 19 heavy (non-hydrogen) atoms. The summed E-state index contributed by atoms with van der Waals surface area (Å²) < 4.78 is 4.64.